The van der Waals surface area contributed by atoms with Crippen LogP contribution in [0, 0.1) is 11.8 Å². The van der Waals surface area contributed by atoms with Gasteiger partial charge in [-0.25, -0.2) is 0 Å². The standard InChI is InChI=1S/C13H24N2O/c1-10-4-2-3-5-12(10)14-9-13(16)15-8-11-6-7-11/h10-12,14H,2-9H2,1H3,(H,15,16). The quantitative estimate of drug-likeness (QED) is 0.746. The van der Waals surface area contributed by atoms with Gasteiger partial charge < -0.3 is 10.6 Å². The van der Waals surface area contributed by atoms with Crippen molar-refractivity contribution in [2.24, 2.45) is 11.8 Å². The average molecular weight is 224 g/mol. The van der Waals surface area contributed by atoms with Crippen LogP contribution in [0.4, 0.5) is 0 Å². The number of hydrogen-bond donors (Lipinski definition) is 2. The third-order valence-corrected chi connectivity index (χ3v) is 3.92. The van der Waals surface area contributed by atoms with Crippen molar-refractivity contribution in [1.29, 1.82) is 0 Å². The van der Waals surface area contributed by atoms with Crippen LogP contribution in [-0.4, -0.2) is 25.0 Å². The zero-order chi connectivity index (χ0) is 11.4. The van der Waals surface area contributed by atoms with E-state index in [2.05, 4.69) is 17.6 Å². The Bertz CT molecular complexity index is 238. The van der Waals surface area contributed by atoms with E-state index in [1.54, 1.807) is 0 Å². The summed E-state index contributed by atoms with van der Waals surface area (Å²) < 4.78 is 0. The van der Waals surface area contributed by atoms with Gasteiger partial charge in [-0.05, 0) is 37.5 Å². The molecule has 3 nitrogen and oxygen atoms in total. The van der Waals surface area contributed by atoms with Gasteiger partial charge in [0.2, 0.25) is 5.91 Å². The molecule has 2 N–H and O–H groups in total. The summed E-state index contributed by atoms with van der Waals surface area (Å²) in [5.74, 6) is 1.67. The van der Waals surface area contributed by atoms with Crippen LogP contribution in [0.5, 0.6) is 0 Å². The molecule has 0 heterocycles. The topological polar surface area (TPSA) is 41.1 Å². The van der Waals surface area contributed by atoms with E-state index in [4.69, 9.17) is 0 Å². The molecule has 2 aliphatic carbocycles. The first-order valence-electron chi connectivity index (χ1n) is 6.76. The Hall–Kier alpha value is -0.570. The van der Waals surface area contributed by atoms with Crippen molar-refractivity contribution in [3.05, 3.63) is 0 Å². The molecular formula is C13H24N2O. The minimum Gasteiger partial charge on any atom is -0.355 e. The SMILES string of the molecule is CC1CCCCC1NCC(=O)NCC1CC1. The molecule has 0 aromatic rings. The first-order valence-corrected chi connectivity index (χ1v) is 6.76. The summed E-state index contributed by atoms with van der Waals surface area (Å²) in [6.07, 6.45) is 7.80. The molecule has 2 aliphatic rings. The minimum absolute atomic E-state index is 0.171. The molecule has 0 aromatic heterocycles. The van der Waals surface area contributed by atoms with E-state index in [1.807, 2.05) is 0 Å². The van der Waals surface area contributed by atoms with Crippen molar-refractivity contribution in [2.75, 3.05) is 13.1 Å². The van der Waals surface area contributed by atoms with E-state index in [0.717, 1.165) is 18.4 Å². The predicted octanol–water partition coefficient (Wildman–Crippen LogP) is 1.68. The highest BCUT2D eigenvalue weighted by Gasteiger charge is 2.23. The Labute approximate surface area is 98.4 Å². The smallest absolute Gasteiger partial charge is 0.233 e. The third kappa shape index (κ3) is 3.78. The zero-order valence-electron chi connectivity index (χ0n) is 10.3. The molecule has 0 aromatic carbocycles. The van der Waals surface area contributed by atoms with Crippen LogP contribution in [0.2, 0.25) is 0 Å². The lowest BCUT2D eigenvalue weighted by Gasteiger charge is -2.29. The monoisotopic (exact) mass is 224 g/mol. The summed E-state index contributed by atoms with van der Waals surface area (Å²) in [5, 5.41) is 6.40. The number of carbonyl (C=O) groups is 1. The Morgan fingerprint density at radius 2 is 1.94 bits per heavy atom. The lowest BCUT2D eigenvalue weighted by atomic mass is 9.86. The molecule has 92 valence electrons. The second-order valence-corrected chi connectivity index (χ2v) is 5.50. The van der Waals surface area contributed by atoms with E-state index >= 15 is 0 Å². The van der Waals surface area contributed by atoms with Crippen molar-refractivity contribution in [1.82, 2.24) is 10.6 Å². The van der Waals surface area contributed by atoms with Crippen molar-refractivity contribution >= 4 is 5.91 Å². The van der Waals surface area contributed by atoms with Gasteiger partial charge in [0.1, 0.15) is 0 Å². The largest absolute Gasteiger partial charge is 0.355 e. The van der Waals surface area contributed by atoms with Crippen LogP contribution in [0.25, 0.3) is 0 Å². The van der Waals surface area contributed by atoms with Gasteiger partial charge in [0, 0.05) is 12.6 Å². The molecule has 2 atom stereocenters. The highest BCUT2D eigenvalue weighted by atomic mass is 16.1. The lowest BCUT2D eigenvalue weighted by Crippen LogP contribution is -2.43. The van der Waals surface area contributed by atoms with Crippen LogP contribution in [0.3, 0.4) is 0 Å². The first kappa shape index (κ1) is 11.9. The second-order valence-electron chi connectivity index (χ2n) is 5.50. The molecule has 0 bridgehead atoms. The lowest BCUT2D eigenvalue weighted by molar-refractivity contribution is -0.120. The molecule has 2 unspecified atom stereocenters. The molecule has 2 saturated carbocycles. The summed E-state index contributed by atoms with van der Waals surface area (Å²) in [6.45, 7) is 3.68. The van der Waals surface area contributed by atoms with Crippen LogP contribution in [0.15, 0.2) is 0 Å². The van der Waals surface area contributed by atoms with Gasteiger partial charge in [-0.1, -0.05) is 19.8 Å². The fourth-order valence-corrected chi connectivity index (χ4v) is 2.49. The maximum absolute atomic E-state index is 11.6. The number of hydrogen-bond acceptors (Lipinski definition) is 2. The van der Waals surface area contributed by atoms with Crippen LogP contribution in [-0.2, 0) is 4.79 Å². The van der Waals surface area contributed by atoms with E-state index in [9.17, 15) is 4.79 Å². The van der Waals surface area contributed by atoms with Gasteiger partial charge in [-0.2, -0.15) is 0 Å². The van der Waals surface area contributed by atoms with Gasteiger partial charge in [-0.3, -0.25) is 4.79 Å². The number of nitrogens with one attached hydrogen (secondary N) is 2. The summed E-state index contributed by atoms with van der Waals surface area (Å²) in [5.41, 5.74) is 0. The Morgan fingerprint density at radius 1 is 1.19 bits per heavy atom. The van der Waals surface area contributed by atoms with Crippen molar-refractivity contribution in [2.45, 2.75) is 51.5 Å². The molecular weight excluding hydrogens is 200 g/mol. The van der Waals surface area contributed by atoms with Gasteiger partial charge >= 0.3 is 0 Å². The highest BCUT2D eigenvalue weighted by Crippen LogP contribution is 2.27. The van der Waals surface area contributed by atoms with Gasteiger partial charge in [0.05, 0.1) is 6.54 Å². The number of carbonyl (C=O) groups excluding carboxylic acids is 1. The Balaban J connectivity index is 1.59. The Kier molecular flexibility index (Phi) is 4.22. The molecule has 0 saturated heterocycles. The van der Waals surface area contributed by atoms with E-state index in [-0.39, 0.29) is 5.91 Å². The summed E-state index contributed by atoms with van der Waals surface area (Å²) >= 11 is 0. The zero-order valence-corrected chi connectivity index (χ0v) is 10.3. The number of rotatable bonds is 5. The summed E-state index contributed by atoms with van der Waals surface area (Å²) in [6, 6.07) is 0.556. The highest BCUT2D eigenvalue weighted by molar-refractivity contribution is 5.78. The predicted molar refractivity (Wildman–Crippen MR) is 65.2 cm³/mol. The molecule has 0 aliphatic heterocycles. The van der Waals surface area contributed by atoms with Gasteiger partial charge in [-0.15, -0.1) is 0 Å². The summed E-state index contributed by atoms with van der Waals surface area (Å²) in [7, 11) is 0. The van der Waals surface area contributed by atoms with Crippen LogP contribution >= 0.6 is 0 Å². The Morgan fingerprint density at radius 3 is 2.62 bits per heavy atom. The van der Waals surface area contributed by atoms with Crippen LogP contribution in [0.1, 0.15) is 45.4 Å². The normalized spacial score (nSPS) is 30.1. The van der Waals surface area contributed by atoms with E-state index < -0.39 is 0 Å². The third-order valence-electron chi connectivity index (χ3n) is 3.92. The van der Waals surface area contributed by atoms with Crippen molar-refractivity contribution < 1.29 is 4.79 Å². The van der Waals surface area contributed by atoms with Crippen molar-refractivity contribution in [3.8, 4) is 0 Å². The molecule has 3 heteroatoms. The fraction of sp³-hybridized carbons (Fsp3) is 0.923. The second kappa shape index (κ2) is 5.67. The molecule has 2 fully saturated rings. The van der Waals surface area contributed by atoms with E-state index in [0.29, 0.717) is 12.6 Å². The molecule has 0 spiro atoms. The van der Waals surface area contributed by atoms with E-state index in [1.165, 1.54) is 38.5 Å². The van der Waals surface area contributed by atoms with Gasteiger partial charge in [0.15, 0.2) is 0 Å². The fourth-order valence-electron chi connectivity index (χ4n) is 2.49. The van der Waals surface area contributed by atoms with Gasteiger partial charge in [0.25, 0.3) is 0 Å². The maximum Gasteiger partial charge on any atom is 0.233 e. The minimum atomic E-state index is 0.171. The maximum atomic E-state index is 11.6. The number of amides is 1. The first-order chi connectivity index (χ1) is 7.75. The molecule has 2 rings (SSSR count). The molecule has 0 radical (unpaired) electrons. The molecule has 1 amide bonds. The van der Waals surface area contributed by atoms with Crippen LogP contribution < -0.4 is 10.6 Å². The molecule has 16 heavy (non-hydrogen) atoms. The summed E-state index contributed by atoms with van der Waals surface area (Å²) in [4.78, 5) is 11.6. The van der Waals surface area contributed by atoms with Crippen molar-refractivity contribution in [3.63, 3.8) is 0 Å². The average Bonchev–Trinajstić information content (AvgIpc) is 3.09.